The largest absolute Gasteiger partial charge is 0.493 e. The van der Waals surface area contributed by atoms with Crippen LogP contribution in [0.25, 0.3) is 21.9 Å². The first-order valence-corrected chi connectivity index (χ1v) is 10.1. The van der Waals surface area contributed by atoms with E-state index in [-0.39, 0.29) is 22.3 Å². The number of aromatic amines is 1. The maximum atomic E-state index is 12.8. The molecule has 4 rings (SSSR count). The van der Waals surface area contributed by atoms with Crippen molar-refractivity contribution in [3.8, 4) is 5.75 Å². The van der Waals surface area contributed by atoms with Crippen LogP contribution in [0.5, 0.6) is 5.75 Å². The van der Waals surface area contributed by atoms with Crippen LogP contribution in [-0.2, 0) is 6.54 Å². The lowest BCUT2D eigenvalue weighted by Gasteiger charge is -2.12. The molecule has 0 saturated carbocycles. The predicted octanol–water partition coefficient (Wildman–Crippen LogP) is 4.49. The Bertz CT molecular complexity index is 1430. The van der Waals surface area contributed by atoms with Gasteiger partial charge in [-0.05, 0) is 49.5 Å². The normalized spacial score (nSPS) is 12.1. The molecule has 1 unspecified atom stereocenters. The molecule has 31 heavy (non-hydrogen) atoms. The fourth-order valence-corrected chi connectivity index (χ4v) is 3.74. The third-order valence-electron chi connectivity index (χ3n) is 5.08. The van der Waals surface area contributed by atoms with E-state index in [1.165, 1.54) is 4.57 Å². The summed E-state index contributed by atoms with van der Waals surface area (Å²) in [6, 6.07) is 12.0. The number of ether oxygens (including phenoxy) is 1. The first-order chi connectivity index (χ1) is 14.9. The Morgan fingerprint density at radius 2 is 2.16 bits per heavy atom. The van der Waals surface area contributed by atoms with E-state index in [9.17, 15) is 9.59 Å². The number of H-pyrrole nitrogens is 1. The molecule has 2 aromatic heterocycles. The van der Waals surface area contributed by atoms with Gasteiger partial charge in [-0.3, -0.25) is 14.2 Å². The number of benzene rings is 2. The molecular formula is C23H21N3O4S. The van der Waals surface area contributed by atoms with Crippen LogP contribution in [0.1, 0.15) is 29.1 Å². The lowest BCUT2D eigenvalue weighted by Crippen LogP contribution is -2.27. The first-order valence-electron chi connectivity index (χ1n) is 9.68. The van der Waals surface area contributed by atoms with Gasteiger partial charge in [0.05, 0.1) is 24.1 Å². The number of hydrogen-bond acceptors (Lipinski definition) is 5. The van der Waals surface area contributed by atoms with E-state index in [0.717, 1.165) is 5.39 Å². The van der Waals surface area contributed by atoms with Crippen molar-refractivity contribution in [3.63, 3.8) is 0 Å². The highest BCUT2D eigenvalue weighted by molar-refractivity contribution is 7.71. The number of fused-ring (bicyclic) bond motifs is 2. The fourth-order valence-electron chi connectivity index (χ4n) is 3.47. The highest BCUT2D eigenvalue weighted by atomic mass is 32.1. The van der Waals surface area contributed by atoms with E-state index in [1.54, 1.807) is 31.4 Å². The maximum Gasteiger partial charge on any atom is 0.262 e. The van der Waals surface area contributed by atoms with Gasteiger partial charge in [0.1, 0.15) is 5.76 Å². The molecule has 2 heterocycles. The molecule has 1 amide bonds. The van der Waals surface area contributed by atoms with Crippen molar-refractivity contribution in [1.29, 1.82) is 0 Å². The van der Waals surface area contributed by atoms with E-state index < -0.39 is 0 Å². The standard InChI is InChI=1S/C23H21N3O4S/c1-4-10-26-22(28)16-9-8-15(11-17(16)25-23(26)31)21(27)24-13(2)19-12-14-6-5-7-18(29-3)20(14)30-19/h4-9,11-13H,1,10H2,2-3H3,(H,24,27)(H,25,31). The third kappa shape index (κ3) is 3.77. The second kappa shape index (κ2) is 8.23. The number of carbonyl (C=O) groups excluding carboxylic acids is 1. The van der Waals surface area contributed by atoms with E-state index in [1.807, 2.05) is 31.2 Å². The molecule has 4 aromatic rings. The van der Waals surface area contributed by atoms with Crippen LogP contribution in [-0.4, -0.2) is 22.6 Å². The van der Waals surface area contributed by atoms with Gasteiger partial charge in [0.25, 0.3) is 11.5 Å². The number of para-hydroxylation sites is 1. The summed E-state index contributed by atoms with van der Waals surface area (Å²) >= 11 is 5.26. The van der Waals surface area contributed by atoms with Crippen molar-refractivity contribution in [1.82, 2.24) is 14.9 Å². The summed E-state index contributed by atoms with van der Waals surface area (Å²) < 4.78 is 12.9. The van der Waals surface area contributed by atoms with Crippen LogP contribution in [0.3, 0.4) is 0 Å². The highest BCUT2D eigenvalue weighted by Gasteiger charge is 2.18. The molecule has 0 aliphatic carbocycles. The number of allylic oxidation sites excluding steroid dienone is 1. The molecule has 0 radical (unpaired) electrons. The number of nitrogens with one attached hydrogen (secondary N) is 2. The van der Waals surface area contributed by atoms with Crippen LogP contribution >= 0.6 is 12.2 Å². The van der Waals surface area contributed by atoms with E-state index >= 15 is 0 Å². The van der Waals surface area contributed by atoms with Gasteiger partial charge in [0, 0.05) is 17.5 Å². The molecule has 8 heteroatoms. The summed E-state index contributed by atoms with van der Waals surface area (Å²) in [6.07, 6.45) is 1.60. The molecule has 7 nitrogen and oxygen atoms in total. The monoisotopic (exact) mass is 435 g/mol. The molecule has 0 fully saturated rings. The number of hydrogen-bond donors (Lipinski definition) is 2. The number of aromatic nitrogens is 2. The van der Waals surface area contributed by atoms with E-state index in [2.05, 4.69) is 16.9 Å². The van der Waals surface area contributed by atoms with Crippen molar-refractivity contribution in [2.45, 2.75) is 19.5 Å². The van der Waals surface area contributed by atoms with Gasteiger partial charge in [0.2, 0.25) is 0 Å². The highest BCUT2D eigenvalue weighted by Crippen LogP contribution is 2.31. The Hall–Kier alpha value is -3.65. The Morgan fingerprint density at radius 3 is 2.90 bits per heavy atom. The number of amides is 1. The zero-order valence-corrected chi connectivity index (χ0v) is 17.9. The summed E-state index contributed by atoms with van der Waals surface area (Å²) in [6.45, 7) is 5.79. The van der Waals surface area contributed by atoms with Crippen LogP contribution in [0.2, 0.25) is 0 Å². The Labute approximate surface area is 183 Å². The number of nitrogens with zero attached hydrogens (tertiary/aromatic N) is 1. The minimum absolute atomic E-state index is 0.227. The lowest BCUT2D eigenvalue weighted by molar-refractivity contribution is 0.0936. The predicted molar refractivity (Wildman–Crippen MR) is 122 cm³/mol. The smallest absolute Gasteiger partial charge is 0.262 e. The Balaban J connectivity index is 1.62. The maximum absolute atomic E-state index is 12.8. The SMILES string of the molecule is C=CCn1c(=S)[nH]c2cc(C(=O)NC(C)c3cc4cccc(OC)c4o3)ccc2c1=O. The second-order valence-corrected chi connectivity index (χ2v) is 7.50. The minimum atomic E-state index is -0.376. The van der Waals surface area contributed by atoms with Gasteiger partial charge in [-0.1, -0.05) is 18.2 Å². The molecule has 0 saturated heterocycles. The average Bonchev–Trinajstić information content (AvgIpc) is 3.21. The molecule has 158 valence electrons. The van der Waals surface area contributed by atoms with E-state index in [0.29, 0.717) is 40.1 Å². The molecule has 0 bridgehead atoms. The van der Waals surface area contributed by atoms with Crippen LogP contribution in [0, 0.1) is 4.77 Å². The summed E-state index contributed by atoms with van der Waals surface area (Å²) in [5.74, 6) is 0.950. The summed E-state index contributed by atoms with van der Waals surface area (Å²) in [5, 5.41) is 4.27. The lowest BCUT2D eigenvalue weighted by atomic mass is 10.1. The summed E-state index contributed by atoms with van der Waals surface area (Å²) in [7, 11) is 1.58. The van der Waals surface area contributed by atoms with Gasteiger partial charge in [-0.15, -0.1) is 6.58 Å². The minimum Gasteiger partial charge on any atom is -0.493 e. The van der Waals surface area contributed by atoms with Crippen LogP contribution < -0.4 is 15.6 Å². The summed E-state index contributed by atoms with van der Waals surface area (Å²) in [4.78, 5) is 28.5. The van der Waals surface area contributed by atoms with Crippen molar-refractivity contribution in [2.75, 3.05) is 7.11 Å². The van der Waals surface area contributed by atoms with Crippen molar-refractivity contribution < 1.29 is 13.9 Å². The quantitative estimate of drug-likeness (QED) is 0.344. The van der Waals surface area contributed by atoms with Crippen molar-refractivity contribution >= 4 is 40.0 Å². The fraction of sp³-hybridized carbons (Fsp3) is 0.174. The van der Waals surface area contributed by atoms with E-state index in [4.69, 9.17) is 21.4 Å². The number of carbonyl (C=O) groups is 1. The number of methoxy groups -OCH3 is 1. The Morgan fingerprint density at radius 1 is 1.35 bits per heavy atom. The van der Waals surface area contributed by atoms with Gasteiger partial charge < -0.3 is 19.5 Å². The van der Waals surface area contributed by atoms with Crippen molar-refractivity contribution in [3.05, 3.63) is 81.6 Å². The zero-order valence-electron chi connectivity index (χ0n) is 17.1. The first kappa shape index (κ1) is 20.6. The topological polar surface area (TPSA) is 89.3 Å². The van der Waals surface area contributed by atoms with Crippen LogP contribution in [0.15, 0.2) is 64.3 Å². The van der Waals surface area contributed by atoms with Crippen molar-refractivity contribution in [2.24, 2.45) is 0 Å². The molecule has 1 atom stereocenters. The molecular weight excluding hydrogens is 414 g/mol. The van der Waals surface area contributed by atoms with Gasteiger partial charge in [-0.2, -0.15) is 0 Å². The average molecular weight is 436 g/mol. The summed E-state index contributed by atoms with van der Waals surface area (Å²) in [5.41, 5.74) is 1.31. The molecule has 0 aliphatic heterocycles. The Kier molecular flexibility index (Phi) is 5.48. The zero-order chi connectivity index (χ0) is 22.1. The third-order valence-corrected chi connectivity index (χ3v) is 5.40. The molecule has 0 spiro atoms. The van der Waals surface area contributed by atoms with Gasteiger partial charge in [-0.25, -0.2) is 0 Å². The number of rotatable bonds is 6. The second-order valence-electron chi connectivity index (χ2n) is 7.12. The van der Waals surface area contributed by atoms with Gasteiger partial charge >= 0.3 is 0 Å². The molecule has 0 aliphatic rings. The van der Waals surface area contributed by atoms with Gasteiger partial charge in [0.15, 0.2) is 16.1 Å². The molecule has 2 aromatic carbocycles. The molecule has 2 N–H and O–H groups in total. The number of furan rings is 1. The van der Waals surface area contributed by atoms with Crippen LogP contribution in [0.4, 0.5) is 0 Å².